The minimum Gasteiger partial charge on any atom is -0.465 e. The fraction of sp³-hybridized carbons (Fsp3) is 0.636. The molecule has 0 N–H and O–H groups in total. The van der Waals surface area contributed by atoms with Crippen molar-refractivity contribution in [3.05, 3.63) is 11.1 Å². The predicted molar refractivity (Wildman–Crippen MR) is 52.3 cm³/mol. The Kier molecular flexibility index (Phi) is 3.70. The molecule has 0 saturated heterocycles. The highest BCUT2D eigenvalue weighted by Crippen LogP contribution is 2.34. The second-order valence-corrected chi connectivity index (χ2v) is 3.60. The fourth-order valence-corrected chi connectivity index (χ4v) is 1.88. The van der Waals surface area contributed by atoms with Crippen LogP contribution in [-0.4, -0.2) is 13.1 Å². The number of hydrogen-bond donors (Lipinski definition) is 0. The Labute approximate surface area is 84.4 Å². The summed E-state index contributed by atoms with van der Waals surface area (Å²) in [6.07, 6.45) is 3.96. The summed E-state index contributed by atoms with van der Waals surface area (Å²) in [4.78, 5) is 11.2. The lowest BCUT2D eigenvalue weighted by atomic mass is 10.0. The van der Waals surface area contributed by atoms with E-state index in [9.17, 15) is 4.79 Å². The molecule has 0 aromatic carbocycles. The van der Waals surface area contributed by atoms with Crippen molar-refractivity contribution in [2.24, 2.45) is 5.92 Å². The van der Waals surface area contributed by atoms with Crippen molar-refractivity contribution < 1.29 is 9.53 Å². The van der Waals surface area contributed by atoms with E-state index in [0.29, 0.717) is 5.92 Å². The Morgan fingerprint density at radius 1 is 1.71 bits per heavy atom. The van der Waals surface area contributed by atoms with Crippen molar-refractivity contribution in [2.45, 2.75) is 32.6 Å². The van der Waals surface area contributed by atoms with Crippen LogP contribution in [0.2, 0.25) is 0 Å². The number of allylic oxidation sites excluding steroid dienone is 1. The number of carbonyl (C=O) groups excluding carboxylic acids is 1. The molecule has 1 aliphatic rings. The molecule has 3 nitrogen and oxygen atoms in total. The van der Waals surface area contributed by atoms with Crippen LogP contribution in [0.4, 0.5) is 0 Å². The molecular formula is C11H15NO2. The van der Waals surface area contributed by atoms with Gasteiger partial charge in [0.25, 0.3) is 0 Å². The number of esters is 1. The number of methoxy groups -OCH3 is 1. The van der Waals surface area contributed by atoms with Gasteiger partial charge >= 0.3 is 5.97 Å². The van der Waals surface area contributed by atoms with Gasteiger partial charge in [0.15, 0.2) is 0 Å². The van der Waals surface area contributed by atoms with Crippen molar-refractivity contribution >= 4 is 5.97 Å². The summed E-state index contributed by atoms with van der Waals surface area (Å²) in [6.45, 7) is 2.14. The Morgan fingerprint density at radius 3 is 2.86 bits per heavy atom. The first kappa shape index (κ1) is 10.8. The van der Waals surface area contributed by atoms with E-state index in [4.69, 9.17) is 5.26 Å². The fourth-order valence-electron chi connectivity index (χ4n) is 1.88. The second kappa shape index (κ2) is 4.80. The molecule has 14 heavy (non-hydrogen) atoms. The molecule has 0 aromatic rings. The number of nitrogens with zero attached hydrogens (tertiary/aromatic N) is 1. The highest BCUT2D eigenvalue weighted by molar-refractivity contribution is 5.93. The van der Waals surface area contributed by atoms with Gasteiger partial charge in [0.2, 0.25) is 0 Å². The van der Waals surface area contributed by atoms with Gasteiger partial charge in [-0.25, -0.2) is 4.79 Å². The van der Waals surface area contributed by atoms with Gasteiger partial charge in [-0.05, 0) is 30.8 Å². The highest BCUT2D eigenvalue weighted by atomic mass is 16.5. The molecule has 1 unspecified atom stereocenters. The third kappa shape index (κ3) is 2.14. The molecule has 3 heteroatoms. The Balaban J connectivity index is 2.82. The number of hydrogen-bond acceptors (Lipinski definition) is 3. The molecule has 0 heterocycles. The van der Waals surface area contributed by atoms with Crippen molar-refractivity contribution in [3.8, 4) is 6.07 Å². The molecule has 0 spiro atoms. The maximum atomic E-state index is 11.2. The predicted octanol–water partition coefficient (Wildman–Crippen LogP) is 2.19. The molecule has 0 radical (unpaired) electrons. The summed E-state index contributed by atoms with van der Waals surface area (Å²) in [5, 5.41) is 8.84. The SMILES string of the molecule is CCC1CC/C(=C(/C#N)C(=O)OC)C1. The molecule has 0 amide bonds. The highest BCUT2D eigenvalue weighted by Gasteiger charge is 2.24. The van der Waals surface area contributed by atoms with Crippen LogP contribution in [0.1, 0.15) is 32.6 Å². The van der Waals surface area contributed by atoms with Gasteiger partial charge in [-0.3, -0.25) is 0 Å². The minimum atomic E-state index is -0.487. The van der Waals surface area contributed by atoms with E-state index in [1.54, 1.807) is 0 Å². The Bertz CT molecular complexity index is 299. The summed E-state index contributed by atoms with van der Waals surface area (Å²) in [7, 11) is 1.31. The first-order valence-electron chi connectivity index (χ1n) is 4.93. The maximum absolute atomic E-state index is 11.2. The molecule has 1 aliphatic carbocycles. The van der Waals surface area contributed by atoms with Crippen LogP contribution < -0.4 is 0 Å². The van der Waals surface area contributed by atoms with E-state index in [-0.39, 0.29) is 5.57 Å². The summed E-state index contributed by atoms with van der Waals surface area (Å²) in [5.41, 5.74) is 1.20. The lowest BCUT2D eigenvalue weighted by Gasteiger charge is -2.03. The van der Waals surface area contributed by atoms with Gasteiger partial charge in [0.1, 0.15) is 11.6 Å². The van der Waals surface area contributed by atoms with Gasteiger partial charge in [-0.2, -0.15) is 5.26 Å². The molecular weight excluding hydrogens is 178 g/mol. The summed E-state index contributed by atoms with van der Waals surface area (Å²) in [5.74, 6) is 0.150. The number of nitriles is 1. The third-order valence-electron chi connectivity index (χ3n) is 2.82. The molecule has 1 atom stereocenters. The normalized spacial score (nSPS) is 24.2. The smallest absolute Gasteiger partial charge is 0.348 e. The second-order valence-electron chi connectivity index (χ2n) is 3.60. The maximum Gasteiger partial charge on any atom is 0.348 e. The lowest BCUT2D eigenvalue weighted by molar-refractivity contribution is -0.135. The number of ether oxygens (including phenoxy) is 1. The summed E-state index contributed by atoms with van der Waals surface area (Å²) in [6, 6.07) is 1.94. The molecule has 76 valence electrons. The van der Waals surface area contributed by atoms with Crippen LogP contribution >= 0.6 is 0 Å². The summed E-state index contributed by atoms with van der Waals surface area (Å²) >= 11 is 0. The van der Waals surface area contributed by atoms with Crippen LogP contribution in [0.5, 0.6) is 0 Å². The van der Waals surface area contributed by atoms with Crippen LogP contribution in [-0.2, 0) is 9.53 Å². The zero-order chi connectivity index (χ0) is 10.6. The van der Waals surface area contributed by atoms with Gasteiger partial charge in [0, 0.05) is 0 Å². The minimum absolute atomic E-state index is 0.225. The first-order chi connectivity index (χ1) is 6.72. The lowest BCUT2D eigenvalue weighted by Crippen LogP contribution is -2.05. The van der Waals surface area contributed by atoms with E-state index >= 15 is 0 Å². The third-order valence-corrected chi connectivity index (χ3v) is 2.82. The van der Waals surface area contributed by atoms with Crippen molar-refractivity contribution in [2.75, 3.05) is 7.11 Å². The molecule has 0 bridgehead atoms. The van der Waals surface area contributed by atoms with Crippen LogP contribution in [0.25, 0.3) is 0 Å². The van der Waals surface area contributed by atoms with Crippen molar-refractivity contribution in [1.82, 2.24) is 0 Å². The first-order valence-corrected chi connectivity index (χ1v) is 4.93. The molecule has 0 aliphatic heterocycles. The van der Waals surface area contributed by atoms with E-state index in [1.807, 2.05) is 6.07 Å². The summed E-state index contributed by atoms with van der Waals surface area (Å²) < 4.78 is 4.57. The Morgan fingerprint density at radius 2 is 2.43 bits per heavy atom. The van der Waals surface area contributed by atoms with Crippen LogP contribution in [0.3, 0.4) is 0 Å². The average Bonchev–Trinajstić information content (AvgIpc) is 2.67. The van der Waals surface area contributed by atoms with E-state index in [0.717, 1.165) is 31.3 Å². The van der Waals surface area contributed by atoms with Crippen molar-refractivity contribution in [3.63, 3.8) is 0 Å². The van der Waals surface area contributed by atoms with Gasteiger partial charge in [0.05, 0.1) is 7.11 Å². The van der Waals surface area contributed by atoms with Crippen LogP contribution in [0.15, 0.2) is 11.1 Å². The topological polar surface area (TPSA) is 50.1 Å². The van der Waals surface area contributed by atoms with E-state index in [2.05, 4.69) is 11.7 Å². The average molecular weight is 193 g/mol. The molecule has 1 rings (SSSR count). The van der Waals surface area contributed by atoms with E-state index < -0.39 is 5.97 Å². The van der Waals surface area contributed by atoms with Crippen molar-refractivity contribution in [1.29, 1.82) is 5.26 Å². The Hall–Kier alpha value is -1.30. The van der Waals surface area contributed by atoms with Crippen LogP contribution in [0, 0.1) is 17.2 Å². The molecule has 1 saturated carbocycles. The van der Waals surface area contributed by atoms with Gasteiger partial charge in [-0.1, -0.05) is 13.3 Å². The quantitative estimate of drug-likeness (QED) is 0.383. The largest absolute Gasteiger partial charge is 0.465 e. The molecule has 0 aromatic heterocycles. The number of rotatable bonds is 2. The zero-order valence-corrected chi connectivity index (χ0v) is 8.67. The van der Waals surface area contributed by atoms with E-state index in [1.165, 1.54) is 7.11 Å². The molecule has 1 fully saturated rings. The van der Waals surface area contributed by atoms with Gasteiger partial charge in [-0.15, -0.1) is 0 Å². The zero-order valence-electron chi connectivity index (χ0n) is 8.67. The van der Waals surface area contributed by atoms with Gasteiger partial charge < -0.3 is 4.74 Å². The number of carbonyl (C=O) groups is 1. The standard InChI is InChI=1S/C11H15NO2/c1-3-8-4-5-9(6-8)10(7-12)11(13)14-2/h8H,3-6H2,1-2H3/b10-9+. The monoisotopic (exact) mass is 193 g/mol.